The highest BCUT2D eigenvalue weighted by molar-refractivity contribution is 6.35. The maximum absolute atomic E-state index is 12.3. The molecule has 2 N–H and O–H groups in total. The SMILES string of the molecule is Cc1c(C(=O)NCCCNc2ccccc2)oc2c(Cl)cccc12. The molecular weight excluding hydrogens is 324 g/mol. The largest absolute Gasteiger partial charge is 0.449 e. The molecule has 3 rings (SSSR count). The smallest absolute Gasteiger partial charge is 0.287 e. The molecule has 0 radical (unpaired) electrons. The molecule has 0 spiro atoms. The van der Waals surface area contributed by atoms with Gasteiger partial charge in [-0.05, 0) is 31.5 Å². The summed E-state index contributed by atoms with van der Waals surface area (Å²) in [6.45, 7) is 3.23. The molecule has 124 valence electrons. The number of furan rings is 1. The van der Waals surface area contributed by atoms with Gasteiger partial charge >= 0.3 is 0 Å². The lowest BCUT2D eigenvalue weighted by molar-refractivity contribution is 0.0927. The molecule has 0 atom stereocenters. The quantitative estimate of drug-likeness (QED) is 0.642. The van der Waals surface area contributed by atoms with Gasteiger partial charge in [0.25, 0.3) is 5.91 Å². The Morgan fingerprint density at radius 2 is 1.88 bits per heavy atom. The van der Waals surface area contributed by atoms with Crippen LogP contribution in [0.5, 0.6) is 0 Å². The van der Waals surface area contributed by atoms with E-state index in [1.165, 1.54) is 0 Å². The van der Waals surface area contributed by atoms with Crippen molar-refractivity contribution in [1.29, 1.82) is 0 Å². The van der Waals surface area contributed by atoms with Gasteiger partial charge in [-0.1, -0.05) is 41.9 Å². The Balaban J connectivity index is 1.54. The molecule has 0 unspecified atom stereocenters. The fourth-order valence-electron chi connectivity index (χ4n) is 2.58. The monoisotopic (exact) mass is 342 g/mol. The normalized spacial score (nSPS) is 10.8. The Hall–Kier alpha value is -2.46. The highest BCUT2D eigenvalue weighted by Crippen LogP contribution is 2.30. The number of aryl methyl sites for hydroxylation is 1. The van der Waals surface area contributed by atoms with Crippen molar-refractivity contribution in [3.63, 3.8) is 0 Å². The van der Waals surface area contributed by atoms with Crippen LogP contribution in [0, 0.1) is 6.92 Å². The summed E-state index contributed by atoms with van der Waals surface area (Å²) < 4.78 is 5.66. The van der Waals surface area contributed by atoms with Gasteiger partial charge in [0, 0.05) is 29.7 Å². The summed E-state index contributed by atoms with van der Waals surface area (Å²) in [7, 11) is 0. The van der Waals surface area contributed by atoms with Gasteiger partial charge in [-0.3, -0.25) is 4.79 Å². The number of benzene rings is 2. The van der Waals surface area contributed by atoms with E-state index in [9.17, 15) is 4.79 Å². The molecular formula is C19H19ClN2O2. The number of nitrogens with one attached hydrogen (secondary N) is 2. The van der Waals surface area contributed by atoms with Crippen molar-refractivity contribution in [2.24, 2.45) is 0 Å². The minimum atomic E-state index is -0.209. The van der Waals surface area contributed by atoms with Gasteiger partial charge in [-0.2, -0.15) is 0 Å². The topological polar surface area (TPSA) is 54.3 Å². The van der Waals surface area contributed by atoms with Crippen LogP contribution in [0.1, 0.15) is 22.5 Å². The lowest BCUT2D eigenvalue weighted by Crippen LogP contribution is -2.26. The number of hydrogen-bond donors (Lipinski definition) is 2. The fourth-order valence-corrected chi connectivity index (χ4v) is 2.80. The molecule has 1 amide bonds. The lowest BCUT2D eigenvalue weighted by Gasteiger charge is -2.07. The zero-order valence-electron chi connectivity index (χ0n) is 13.4. The molecule has 4 nitrogen and oxygen atoms in total. The number of para-hydroxylation sites is 2. The second-order valence-corrected chi connectivity index (χ2v) is 5.98. The van der Waals surface area contributed by atoms with E-state index in [-0.39, 0.29) is 5.91 Å². The first kappa shape index (κ1) is 16.4. The molecule has 0 fully saturated rings. The average molecular weight is 343 g/mol. The number of amides is 1. The van der Waals surface area contributed by atoms with Gasteiger partial charge in [0.15, 0.2) is 11.3 Å². The molecule has 24 heavy (non-hydrogen) atoms. The molecule has 0 aliphatic heterocycles. The molecule has 2 aromatic carbocycles. The van der Waals surface area contributed by atoms with Crippen molar-refractivity contribution in [3.05, 3.63) is 64.9 Å². The third-order valence-electron chi connectivity index (χ3n) is 3.86. The Morgan fingerprint density at radius 1 is 1.08 bits per heavy atom. The van der Waals surface area contributed by atoms with Gasteiger partial charge in [0.1, 0.15) is 0 Å². The number of halogens is 1. The lowest BCUT2D eigenvalue weighted by atomic mass is 10.1. The first-order valence-corrected chi connectivity index (χ1v) is 8.29. The predicted molar refractivity (Wildman–Crippen MR) is 97.8 cm³/mol. The van der Waals surface area contributed by atoms with Crippen LogP contribution in [0.15, 0.2) is 52.9 Å². The Morgan fingerprint density at radius 3 is 2.62 bits per heavy atom. The van der Waals surface area contributed by atoms with Gasteiger partial charge in [0.2, 0.25) is 0 Å². The van der Waals surface area contributed by atoms with E-state index in [0.717, 1.165) is 29.6 Å². The summed E-state index contributed by atoms with van der Waals surface area (Å²) in [5.41, 5.74) is 2.45. The fraction of sp³-hybridized carbons (Fsp3) is 0.211. The second-order valence-electron chi connectivity index (χ2n) is 5.57. The summed E-state index contributed by atoms with van der Waals surface area (Å²) in [5, 5.41) is 7.59. The molecule has 0 aliphatic rings. The molecule has 1 heterocycles. The maximum atomic E-state index is 12.3. The third-order valence-corrected chi connectivity index (χ3v) is 4.16. The predicted octanol–water partition coefficient (Wildman–Crippen LogP) is 4.63. The van der Waals surface area contributed by atoms with Gasteiger partial charge in [-0.15, -0.1) is 0 Å². The van der Waals surface area contributed by atoms with E-state index < -0.39 is 0 Å². The minimum Gasteiger partial charge on any atom is -0.449 e. The van der Waals surface area contributed by atoms with E-state index in [2.05, 4.69) is 10.6 Å². The van der Waals surface area contributed by atoms with Crippen LogP contribution >= 0.6 is 11.6 Å². The Labute approximate surface area is 145 Å². The summed E-state index contributed by atoms with van der Waals surface area (Å²) >= 11 is 6.12. The van der Waals surface area contributed by atoms with Crippen LogP contribution in [0.4, 0.5) is 5.69 Å². The number of anilines is 1. The molecule has 0 saturated carbocycles. The van der Waals surface area contributed by atoms with Crippen molar-refractivity contribution < 1.29 is 9.21 Å². The van der Waals surface area contributed by atoms with Crippen LogP contribution < -0.4 is 10.6 Å². The summed E-state index contributed by atoms with van der Waals surface area (Å²) in [4.78, 5) is 12.3. The molecule has 0 bridgehead atoms. The number of carbonyl (C=O) groups excluding carboxylic acids is 1. The average Bonchev–Trinajstić information content (AvgIpc) is 2.94. The van der Waals surface area contributed by atoms with Crippen LogP contribution in [-0.2, 0) is 0 Å². The van der Waals surface area contributed by atoms with E-state index >= 15 is 0 Å². The molecule has 0 saturated heterocycles. The zero-order chi connectivity index (χ0) is 16.9. The summed E-state index contributed by atoms with van der Waals surface area (Å²) in [6.07, 6.45) is 0.820. The van der Waals surface area contributed by atoms with E-state index in [1.807, 2.05) is 49.4 Å². The zero-order valence-corrected chi connectivity index (χ0v) is 14.2. The van der Waals surface area contributed by atoms with E-state index in [0.29, 0.717) is 22.9 Å². The van der Waals surface area contributed by atoms with Gasteiger partial charge in [0.05, 0.1) is 5.02 Å². The minimum absolute atomic E-state index is 0.209. The standard InChI is InChI=1S/C19H19ClN2O2/c1-13-15-9-5-10-16(20)18(15)24-17(13)19(23)22-12-6-11-21-14-7-3-2-4-8-14/h2-5,7-10,21H,6,11-12H2,1H3,(H,22,23). The molecule has 0 aliphatic carbocycles. The number of carbonyl (C=O) groups is 1. The highest BCUT2D eigenvalue weighted by atomic mass is 35.5. The maximum Gasteiger partial charge on any atom is 0.287 e. The van der Waals surface area contributed by atoms with Crippen LogP contribution in [0.2, 0.25) is 5.02 Å². The van der Waals surface area contributed by atoms with E-state index in [4.69, 9.17) is 16.0 Å². The van der Waals surface area contributed by atoms with E-state index in [1.54, 1.807) is 6.07 Å². The number of rotatable bonds is 6. The van der Waals surface area contributed by atoms with Gasteiger partial charge in [-0.25, -0.2) is 0 Å². The highest BCUT2D eigenvalue weighted by Gasteiger charge is 2.18. The Bertz CT molecular complexity index is 843. The number of fused-ring (bicyclic) bond motifs is 1. The first-order valence-electron chi connectivity index (χ1n) is 7.91. The summed E-state index contributed by atoms with van der Waals surface area (Å²) in [5.74, 6) is 0.119. The summed E-state index contributed by atoms with van der Waals surface area (Å²) in [6, 6.07) is 15.5. The van der Waals surface area contributed by atoms with Gasteiger partial charge < -0.3 is 15.1 Å². The number of hydrogen-bond acceptors (Lipinski definition) is 3. The van der Waals surface area contributed by atoms with Crippen molar-refractivity contribution >= 4 is 34.2 Å². The van der Waals surface area contributed by atoms with Crippen LogP contribution in [0.3, 0.4) is 0 Å². The molecule has 5 heteroatoms. The molecule has 3 aromatic rings. The van der Waals surface area contributed by atoms with Crippen LogP contribution in [0.25, 0.3) is 11.0 Å². The van der Waals surface area contributed by atoms with Crippen molar-refractivity contribution in [3.8, 4) is 0 Å². The van der Waals surface area contributed by atoms with Crippen LogP contribution in [-0.4, -0.2) is 19.0 Å². The first-order chi connectivity index (χ1) is 11.7. The molecule has 1 aromatic heterocycles. The van der Waals surface area contributed by atoms with Crippen molar-refractivity contribution in [2.45, 2.75) is 13.3 Å². The Kier molecular flexibility index (Phi) is 5.06. The third kappa shape index (κ3) is 3.54. The van der Waals surface area contributed by atoms with Crippen molar-refractivity contribution in [2.75, 3.05) is 18.4 Å². The second kappa shape index (κ2) is 7.41. The van der Waals surface area contributed by atoms with Crippen molar-refractivity contribution in [1.82, 2.24) is 5.32 Å².